The monoisotopic (exact) mass is 393 g/mol. The van der Waals surface area contributed by atoms with Crippen molar-refractivity contribution in [2.45, 2.75) is 40.0 Å². The fourth-order valence-corrected chi connectivity index (χ4v) is 3.81. The molecule has 3 rings (SSSR count). The van der Waals surface area contributed by atoms with E-state index < -0.39 is 0 Å². The Morgan fingerprint density at radius 3 is 2.44 bits per heavy atom. The van der Waals surface area contributed by atoms with E-state index in [0.717, 1.165) is 36.8 Å². The van der Waals surface area contributed by atoms with Crippen LogP contribution in [0.2, 0.25) is 0 Å². The van der Waals surface area contributed by atoms with Crippen molar-refractivity contribution >= 4 is 29.9 Å². The third-order valence-electron chi connectivity index (χ3n) is 5.33. The molecule has 1 heterocycles. The standard InChI is InChI=1S/C21H31N3O2.ClH/c1-14-8-15(2)13-24(12-14)21(26)18-7-4-16(3)19(9-18)23-20(25)11-22-10-17-5-6-17;/h4,7,9,14-15,17,22H,5-6,8,10-13H2,1-3H3,(H,23,25);1H. The Labute approximate surface area is 168 Å². The van der Waals surface area contributed by atoms with E-state index in [1.54, 1.807) is 0 Å². The quantitative estimate of drug-likeness (QED) is 0.777. The first-order chi connectivity index (χ1) is 12.4. The fourth-order valence-electron chi connectivity index (χ4n) is 3.81. The first kappa shape index (κ1) is 21.7. The van der Waals surface area contributed by atoms with Gasteiger partial charge in [0.05, 0.1) is 6.54 Å². The number of amides is 2. The van der Waals surface area contributed by atoms with Crippen molar-refractivity contribution in [2.24, 2.45) is 17.8 Å². The highest BCUT2D eigenvalue weighted by atomic mass is 35.5. The molecule has 27 heavy (non-hydrogen) atoms. The predicted molar refractivity (Wildman–Crippen MR) is 111 cm³/mol. The van der Waals surface area contributed by atoms with E-state index in [2.05, 4.69) is 24.5 Å². The average Bonchev–Trinajstić information content (AvgIpc) is 3.39. The van der Waals surface area contributed by atoms with Crippen LogP contribution in [-0.4, -0.2) is 42.9 Å². The van der Waals surface area contributed by atoms with Gasteiger partial charge in [-0.15, -0.1) is 12.4 Å². The minimum absolute atomic E-state index is 0. The number of hydrogen-bond donors (Lipinski definition) is 2. The molecule has 2 amide bonds. The maximum absolute atomic E-state index is 12.9. The lowest BCUT2D eigenvalue weighted by atomic mass is 9.91. The van der Waals surface area contributed by atoms with E-state index in [1.165, 1.54) is 19.3 Å². The van der Waals surface area contributed by atoms with Crippen molar-refractivity contribution in [1.82, 2.24) is 10.2 Å². The van der Waals surface area contributed by atoms with Crippen LogP contribution in [0.1, 0.15) is 49.0 Å². The van der Waals surface area contributed by atoms with Gasteiger partial charge in [0.2, 0.25) is 5.91 Å². The van der Waals surface area contributed by atoms with Gasteiger partial charge in [-0.3, -0.25) is 9.59 Å². The van der Waals surface area contributed by atoms with E-state index in [4.69, 9.17) is 0 Å². The van der Waals surface area contributed by atoms with Crippen LogP contribution in [0, 0.1) is 24.7 Å². The number of carbonyl (C=O) groups is 2. The lowest BCUT2D eigenvalue weighted by Crippen LogP contribution is -2.42. The SMILES string of the molecule is Cc1ccc(C(=O)N2CC(C)CC(C)C2)cc1NC(=O)CNCC1CC1.Cl. The number of benzene rings is 1. The number of aryl methyl sites for hydroxylation is 1. The minimum Gasteiger partial charge on any atom is -0.338 e. The highest BCUT2D eigenvalue weighted by Gasteiger charge is 2.26. The molecule has 2 unspecified atom stereocenters. The van der Waals surface area contributed by atoms with Gasteiger partial charge in [0.1, 0.15) is 0 Å². The second-order valence-electron chi connectivity index (χ2n) is 8.31. The van der Waals surface area contributed by atoms with Gasteiger partial charge < -0.3 is 15.5 Å². The number of carbonyl (C=O) groups excluding carboxylic acids is 2. The molecule has 5 nitrogen and oxygen atoms in total. The fraction of sp³-hybridized carbons (Fsp3) is 0.619. The summed E-state index contributed by atoms with van der Waals surface area (Å²) in [5.74, 6) is 1.82. The van der Waals surface area contributed by atoms with Crippen molar-refractivity contribution in [1.29, 1.82) is 0 Å². The molecule has 6 heteroatoms. The normalized spacial score (nSPS) is 22.1. The van der Waals surface area contributed by atoms with Crippen LogP contribution in [0.4, 0.5) is 5.69 Å². The second kappa shape index (κ2) is 9.56. The Morgan fingerprint density at radius 1 is 1.15 bits per heavy atom. The molecular formula is C21H32ClN3O2. The number of anilines is 1. The van der Waals surface area contributed by atoms with Gasteiger partial charge in [-0.1, -0.05) is 19.9 Å². The van der Waals surface area contributed by atoms with Gasteiger partial charge in [0, 0.05) is 24.3 Å². The Morgan fingerprint density at radius 2 is 1.81 bits per heavy atom. The van der Waals surface area contributed by atoms with Crippen molar-refractivity contribution in [3.63, 3.8) is 0 Å². The van der Waals surface area contributed by atoms with Crippen LogP contribution >= 0.6 is 12.4 Å². The number of halogens is 1. The summed E-state index contributed by atoms with van der Waals surface area (Å²) in [5.41, 5.74) is 2.35. The number of hydrogen-bond acceptors (Lipinski definition) is 3. The molecule has 0 radical (unpaired) electrons. The first-order valence-electron chi connectivity index (χ1n) is 9.83. The van der Waals surface area contributed by atoms with Gasteiger partial charge in [-0.2, -0.15) is 0 Å². The van der Waals surface area contributed by atoms with E-state index >= 15 is 0 Å². The first-order valence-corrected chi connectivity index (χ1v) is 9.83. The zero-order valence-electron chi connectivity index (χ0n) is 16.6. The Balaban J connectivity index is 0.00000261. The van der Waals surface area contributed by atoms with Crippen LogP contribution in [-0.2, 0) is 4.79 Å². The van der Waals surface area contributed by atoms with E-state index in [-0.39, 0.29) is 24.2 Å². The Kier molecular flexibility index (Phi) is 7.68. The number of nitrogens with zero attached hydrogens (tertiary/aromatic N) is 1. The molecule has 1 aromatic rings. The molecule has 0 aromatic heterocycles. The number of nitrogens with one attached hydrogen (secondary N) is 2. The summed E-state index contributed by atoms with van der Waals surface area (Å²) in [4.78, 5) is 27.0. The minimum atomic E-state index is -0.0569. The smallest absolute Gasteiger partial charge is 0.253 e. The topological polar surface area (TPSA) is 61.4 Å². The third kappa shape index (κ3) is 6.22. The van der Waals surface area contributed by atoms with Gasteiger partial charge in [-0.05, 0) is 68.2 Å². The zero-order valence-corrected chi connectivity index (χ0v) is 17.4. The van der Waals surface area contributed by atoms with Crippen LogP contribution in [0.5, 0.6) is 0 Å². The summed E-state index contributed by atoms with van der Waals surface area (Å²) in [6.07, 6.45) is 3.71. The molecule has 150 valence electrons. The van der Waals surface area contributed by atoms with Gasteiger partial charge >= 0.3 is 0 Å². The Bertz CT molecular complexity index is 665. The molecule has 0 spiro atoms. The molecule has 1 aliphatic carbocycles. The van der Waals surface area contributed by atoms with E-state index in [1.807, 2.05) is 30.0 Å². The molecule has 2 atom stereocenters. The molecular weight excluding hydrogens is 362 g/mol. The third-order valence-corrected chi connectivity index (χ3v) is 5.33. The largest absolute Gasteiger partial charge is 0.338 e. The molecule has 2 N–H and O–H groups in total. The van der Waals surface area contributed by atoms with Crippen LogP contribution in [0.15, 0.2) is 18.2 Å². The summed E-state index contributed by atoms with van der Waals surface area (Å²) in [6, 6.07) is 5.60. The summed E-state index contributed by atoms with van der Waals surface area (Å²) in [6.45, 7) is 9.20. The maximum Gasteiger partial charge on any atom is 0.253 e. The number of piperidine rings is 1. The molecule has 1 aliphatic heterocycles. The summed E-state index contributed by atoms with van der Waals surface area (Å²) in [5, 5.41) is 6.15. The highest BCUT2D eigenvalue weighted by Crippen LogP contribution is 2.27. The van der Waals surface area contributed by atoms with Crippen LogP contribution in [0.3, 0.4) is 0 Å². The van der Waals surface area contributed by atoms with Crippen LogP contribution in [0.25, 0.3) is 0 Å². The Hall–Kier alpha value is -1.59. The molecule has 1 aromatic carbocycles. The molecule has 2 fully saturated rings. The average molecular weight is 394 g/mol. The van der Waals surface area contributed by atoms with Gasteiger partial charge in [0.15, 0.2) is 0 Å². The highest BCUT2D eigenvalue weighted by molar-refractivity contribution is 5.98. The van der Waals surface area contributed by atoms with Gasteiger partial charge in [-0.25, -0.2) is 0 Å². The molecule has 1 saturated carbocycles. The number of likely N-dealkylation sites (tertiary alicyclic amines) is 1. The van der Waals surface area contributed by atoms with E-state index in [0.29, 0.717) is 23.9 Å². The van der Waals surface area contributed by atoms with Gasteiger partial charge in [0.25, 0.3) is 5.91 Å². The lowest BCUT2D eigenvalue weighted by molar-refractivity contribution is -0.115. The van der Waals surface area contributed by atoms with E-state index in [9.17, 15) is 9.59 Å². The van der Waals surface area contributed by atoms with Crippen molar-refractivity contribution in [3.8, 4) is 0 Å². The molecule has 1 saturated heterocycles. The lowest BCUT2D eigenvalue weighted by Gasteiger charge is -2.35. The predicted octanol–water partition coefficient (Wildman–Crippen LogP) is 3.47. The van der Waals surface area contributed by atoms with Crippen molar-refractivity contribution < 1.29 is 9.59 Å². The second-order valence-corrected chi connectivity index (χ2v) is 8.31. The zero-order chi connectivity index (χ0) is 18.7. The summed E-state index contributed by atoms with van der Waals surface area (Å²) >= 11 is 0. The summed E-state index contributed by atoms with van der Waals surface area (Å²) in [7, 11) is 0. The molecule has 2 aliphatic rings. The van der Waals surface area contributed by atoms with Crippen molar-refractivity contribution in [3.05, 3.63) is 29.3 Å². The molecule has 0 bridgehead atoms. The van der Waals surface area contributed by atoms with Crippen molar-refractivity contribution in [2.75, 3.05) is 31.5 Å². The number of rotatable bonds is 6. The van der Waals surface area contributed by atoms with Crippen LogP contribution < -0.4 is 10.6 Å². The maximum atomic E-state index is 12.9. The summed E-state index contributed by atoms with van der Waals surface area (Å²) < 4.78 is 0.